The molecule has 0 saturated carbocycles. The van der Waals surface area contributed by atoms with Crippen molar-refractivity contribution in [3.63, 3.8) is 0 Å². The standard InChI is InChI=1S/C14H19NO/c1-14(2,3)13-10-9-11-7-5-6-8-12(11)15(13)16-4/h5-10,13H,1-4H3. The first kappa shape index (κ1) is 11.2. The van der Waals surface area contributed by atoms with E-state index >= 15 is 0 Å². The minimum atomic E-state index is 0.153. The lowest BCUT2D eigenvalue weighted by Crippen LogP contribution is -2.43. The molecule has 0 radical (unpaired) electrons. The van der Waals surface area contributed by atoms with Gasteiger partial charge < -0.3 is 0 Å². The summed E-state index contributed by atoms with van der Waals surface area (Å²) in [6, 6.07) is 8.57. The second-order valence-electron chi connectivity index (χ2n) is 5.24. The van der Waals surface area contributed by atoms with Crippen LogP contribution in [0.4, 0.5) is 5.69 Å². The summed E-state index contributed by atoms with van der Waals surface area (Å²) in [7, 11) is 1.73. The number of rotatable bonds is 1. The van der Waals surface area contributed by atoms with Gasteiger partial charge in [0.2, 0.25) is 0 Å². The van der Waals surface area contributed by atoms with Gasteiger partial charge in [-0.1, -0.05) is 51.1 Å². The first-order valence-electron chi connectivity index (χ1n) is 5.64. The summed E-state index contributed by atoms with van der Waals surface area (Å²) < 4.78 is 0. The molecule has 0 amide bonds. The Bertz CT molecular complexity index is 403. The Labute approximate surface area is 97.5 Å². The Hall–Kier alpha value is -1.28. The van der Waals surface area contributed by atoms with Crippen LogP contribution in [0.1, 0.15) is 26.3 Å². The van der Waals surface area contributed by atoms with Crippen molar-refractivity contribution < 1.29 is 4.84 Å². The number of hydrogen-bond donors (Lipinski definition) is 0. The maximum Gasteiger partial charge on any atom is 0.0797 e. The molecule has 0 bridgehead atoms. The molecule has 1 atom stereocenters. The summed E-state index contributed by atoms with van der Waals surface area (Å²) >= 11 is 0. The van der Waals surface area contributed by atoms with Crippen LogP contribution in [0.2, 0.25) is 0 Å². The number of benzene rings is 1. The van der Waals surface area contributed by atoms with E-state index in [0.717, 1.165) is 5.69 Å². The van der Waals surface area contributed by atoms with Crippen molar-refractivity contribution >= 4 is 11.8 Å². The number of fused-ring (bicyclic) bond motifs is 1. The Morgan fingerprint density at radius 2 is 1.88 bits per heavy atom. The van der Waals surface area contributed by atoms with Crippen LogP contribution in [-0.2, 0) is 4.84 Å². The number of para-hydroxylation sites is 1. The van der Waals surface area contributed by atoms with Crippen molar-refractivity contribution in [3.8, 4) is 0 Å². The number of nitrogens with zero attached hydrogens (tertiary/aromatic N) is 1. The minimum absolute atomic E-state index is 0.153. The Morgan fingerprint density at radius 3 is 2.50 bits per heavy atom. The lowest BCUT2D eigenvalue weighted by Gasteiger charge is -2.40. The molecule has 1 aliphatic heterocycles. The van der Waals surface area contributed by atoms with Crippen molar-refractivity contribution in [2.24, 2.45) is 5.41 Å². The van der Waals surface area contributed by atoms with Gasteiger partial charge in [0.25, 0.3) is 0 Å². The molecule has 16 heavy (non-hydrogen) atoms. The van der Waals surface area contributed by atoms with Crippen molar-refractivity contribution in [2.45, 2.75) is 26.8 Å². The fraction of sp³-hybridized carbons (Fsp3) is 0.429. The van der Waals surface area contributed by atoms with Crippen molar-refractivity contribution in [1.82, 2.24) is 0 Å². The zero-order valence-corrected chi connectivity index (χ0v) is 10.4. The van der Waals surface area contributed by atoms with Gasteiger partial charge in [0.1, 0.15) is 0 Å². The average molecular weight is 217 g/mol. The lowest BCUT2D eigenvalue weighted by atomic mass is 9.84. The van der Waals surface area contributed by atoms with Gasteiger partial charge in [-0.25, -0.2) is 5.06 Å². The molecule has 1 aliphatic rings. The van der Waals surface area contributed by atoms with Crippen LogP contribution in [-0.4, -0.2) is 13.2 Å². The van der Waals surface area contributed by atoms with Crippen LogP contribution in [0.5, 0.6) is 0 Å². The van der Waals surface area contributed by atoms with Crippen molar-refractivity contribution in [1.29, 1.82) is 0 Å². The van der Waals surface area contributed by atoms with E-state index in [-0.39, 0.29) is 11.5 Å². The van der Waals surface area contributed by atoms with Crippen molar-refractivity contribution in [3.05, 3.63) is 35.9 Å². The highest BCUT2D eigenvalue weighted by molar-refractivity contribution is 5.71. The molecule has 0 aromatic heterocycles. The fourth-order valence-corrected chi connectivity index (χ4v) is 2.10. The van der Waals surface area contributed by atoms with Crippen LogP contribution in [0.25, 0.3) is 6.08 Å². The molecule has 0 fully saturated rings. The van der Waals surface area contributed by atoms with Crippen LogP contribution >= 0.6 is 0 Å². The lowest BCUT2D eigenvalue weighted by molar-refractivity contribution is 0.114. The molecular weight excluding hydrogens is 198 g/mol. The van der Waals surface area contributed by atoms with Crippen LogP contribution in [0, 0.1) is 5.41 Å². The number of hydroxylamine groups is 1. The first-order chi connectivity index (χ1) is 7.54. The summed E-state index contributed by atoms with van der Waals surface area (Å²) in [5, 5.41) is 2.00. The van der Waals surface area contributed by atoms with Crippen LogP contribution < -0.4 is 5.06 Å². The molecular formula is C14H19NO. The largest absolute Gasteiger partial charge is 0.276 e. The average Bonchev–Trinajstić information content (AvgIpc) is 2.26. The zero-order chi connectivity index (χ0) is 11.8. The Morgan fingerprint density at radius 1 is 1.19 bits per heavy atom. The molecule has 0 spiro atoms. The molecule has 86 valence electrons. The van der Waals surface area contributed by atoms with Crippen molar-refractivity contribution in [2.75, 3.05) is 12.2 Å². The monoisotopic (exact) mass is 217 g/mol. The quantitative estimate of drug-likeness (QED) is 0.714. The maximum absolute atomic E-state index is 5.54. The first-order valence-corrected chi connectivity index (χ1v) is 5.64. The summed E-state index contributed by atoms with van der Waals surface area (Å²) in [6.45, 7) is 6.67. The normalized spacial score (nSPS) is 19.8. The SMILES string of the molecule is CON1c2ccccc2C=CC1C(C)(C)C. The molecule has 0 aliphatic carbocycles. The Kier molecular flexibility index (Phi) is 2.76. The van der Waals surface area contributed by atoms with Gasteiger partial charge in [-0.15, -0.1) is 0 Å². The number of hydrogen-bond acceptors (Lipinski definition) is 2. The molecule has 1 unspecified atom stereocenters. The predicted molar refractivity (Wildman–Crippen MR) is 68.2 cm³/mol. The highest BCUT2D eigenvalue weighted by Crippen LogP contribution is 2.35. The summed E-state index contributed by atoms with van der Waals surface area (Å²) in [4.78, 5) is 5.54. The molecule has 0 N–H and O–H groups in total. The summed E-state index contributed by atoms with van der Waals surface area (Å²) in [6.07, 6.45) is 4.40. The van der Waals surface area contributed by atoms with Gasteiger partial charge in [0.05, 0.1) is 18.8 Å². The second kappa shape index (κ2) is 3.95. The van der Waals surface area contributed by atoms with Gasteiger partial charge in [-0.05, 0) is 17.0 Å². The topological polar surface area (TPSA) is 12.5 Å². The summed E-state index contributed by atoms with van der Waals surface area (Å²) in [5.41, 5.74) is 2.51. The third-order valence-corrected chi connectivity index (χ3v) is 2.97. The molecule has 2 nitrogen and oxygen atoms in total. The van der Waals surface area contributed by atoms with Crippen LogP contribution in [0.15, 0.2) is 30.3 Å². The van der Waals surface area contributed by atoms with Gasteiger partial charge in [0.15, 0.2) is 0 Å². The van der Waals surface area contributed by atoms with Gasteiger partial charge in [0, 0.05) is 0 Å². The molecule has 1 heterocycles. The van der Waals surface area contributed by atoms with E-state index in [1.807, 2.05) is 11.1 Å². The molecule has 0 saturated heterocycles. The van der Waals surface area contributed by atoms with E-state index in [9.17, 15) is 0 Å². The van der Waals surface area contributed by atoms with Gasteiger partial charge in [-0.2, -0.15) is 0 Å². The summed E-state index contributed by atoms with van der Waals surface area (Å²) in [5.74, 6) is 0. The highest BCUT2D eigenvalue weighted by atomic mass is 16.7. The molecule has 2 rings (SSSR count). The van der Waals surface area contributed by atoms with Gasteiger partial charge in [-0.3, -0.25) is 4.84 Å². The predicted octanol–water partition coefficient (Wildman–Crippen LogP) is 3.50. The molecule has 2 heteroatoms. The Balaban J connectivity index is 2.44. The second-order valence-corrected chi connectivity index (χ2v) is 5.24. The highest BCUT2D eigenvalue weighted by Gasteiger charge is 2.32. The van der Waals surface area contributed by atoms with E-state index in [1.54, 1.807) is 7.11 Å². The van der Waals surface area contributed by atoms with E-state index < -0.39 is 0 Å². The fourth-order valence-electron chi connectivity index (χ4n) is 2.10. The smallest absolute Gasteiger partial charge is 0.0797 e. The molecule has 1 aromatic rings. The van der Waals surface area contributed by atoms with Crippen LogP contribution in [0.3, 0.4) is 0 Å². The van der Waals surface area contributed by atoms with E-state index in [0.29, 0.717) is 0 Å². The van der Waals surface area contributed by atoms with Gasteiger partial charge >= 0.3 is 0 Å². The zero-order valence-electron chi connectivity index (χ0n) is 10.4. The maximum atomic E-state index is 5.54. The molecule has 1 aromatic carbocycles. The van der Waals surface area contributed by atoms with E-state index in [4.69, 9.17) is 4.84 Å². The third-order valence-electron chi connectivity index (χ3n) is 2.97. The minimum Gasteiger partial charge on any atom is -0.276 e. The third kappa shape index (κ3) is 1.85. The number of anilines is 1. The van der Waals surface area contributed by atoms with E-state index in [1.165, 1.54) is 5.56 Å². The van der Waals surface area contributed by atoms with E-state index in [2.05, 4.69) is 51.1 Å².